The van der Waals surface area contributed by atoms with Gasteiger partial charge in [-0.3, -0.25) is 0 Å². The van der Waals surface area contributed by atoms with Crippen LogP contribution in [-0.2, 0) is 10.0 Å². The van der Waals surface area contributed by atoms with Crippen LogP contribution in [0.4, 0.5) is 0 Å². The first-order valence-corrected chi connectivity index (χ1v) is 9.51. The van der Waals surface area contributed by atoms with E-state index in [0.29, 0.717) is 11.6 Å². The summed E-state index contributed by atoms with van der Waals surface area (Å²) in [6.45, 7) is 2.15. The van der Waals surface area contributed by atoms with Gasteiger partial charge in [-0.05, 0) is 50.2 Å². The number of halogens is 1. The Bertz CT molecular complexity index is 728. The topological polar surface area (TPSA) is 49.4 Å². The minimum absolute atomic E-state index is 0.00399. The van der Waals surface area contributed by atoms with Gasteiger partial charge in [-0.15, -0.1) is 11.3 Å². The van der Waals surface area contributed by atoms with E-state index in [9.17, 15) is 8.42 Å². The van der Waals surface area contributed by atoms with Crippen LogP contribution < -0.4 is 4.72 Å². The second-order valence-corrected chi connectivity index (χ2v) is 8.41. The van der Waals surface area contributed by atoms with Crippen LogP contribution in [0.25, 0.3) is 0 Å². The molecule has 0 saturated heterocycles. The molecule has 0 saturated carbocycles. The number of nitrogens with one attached hydrogen (secondary N) is 1. The quantitative estimate of drug-likeness (QED) is 0.862. The van der Waals surface area contributed by atoms with Crippen LogP contribution >= 0.6 is 22.9 Å². The van der Waals surface area contributed by atoms with Crippen molar-refractivity contribution in [2.75, 3.05) is 20.6 Å². The molecule has 2 rings (SSSR count). The number of hydrogen-bond donors (Lipinski definition) is 1. The summed E-state index contributed by atoms with van der Waals surface area (Å²) in [6, 6.07) is 8.72. The van der Waals surface area contributed by atoms with Gasteiger partial charge in [-0.1, -0.05) is 23.7 Å². The second kappa shape index (κ2) is 7.10. The standard InChI is InChI=1S/C15H19ClN2O2S2/c1-11-6-7-12(9-13(11)16)22(19,20)17-10-14(18(2)3)15-5-4-8-21-15/h4-9,14,17H,10H2,1-3H3/t14-/m1/s1. The van der Waals surface area contributed by atoms with Crippen LogP contribution in [0.3, 0.4) is 0 Å². The lowest BCUT2D eigenvalue weighted by Crippen LogP contribution is -2.34. The lowest BCUT2D eigenvalue weighted by molar-refractivity contribution is 0.303. The Balaban J connectivity index is 2.16. The van der Waals surface area contributed by atoms with E-state index < -0.39 is 10.0 Å². The third-order valence-electron chi connectivity index (χ3n) is 3.42. The van der Waals surface area contributed by atoms with Crippen LogP contribution in [0.15, 0.2) is 40.6 Å². The monoisotopic (exact) mass is 358 g/mol. The Labute approximate surface area is 140 Å². The predicted molar refractivity (Wildman–Crippen MR) is 92.1 cm³/mol. The highest BCUT2D eigenvalue weighted by molar-refractivity contribution is 7.89. The number of benzene rings is 1. The third-order valence-corrected chi connectivity index (χ3v) is 6.22. The van der Waals surface area contributed by atoms with Gasteiger partial charge in [0, 0.05) is 16.4 Å². The number of thiophene rings is 1. The van der Waals surface area contributed by atoms with Crippen molar-refractivity contribution in [3.63, 3.8) is 0 Å². The van der Waals surface area contributed by atoms with Gasteiger partial charge < -0.3 is 4.90 Å². The van der Waals surface area contributed by atoms with E-state index in [1.807, 2.05) is 43.4 Å². The zero-order valence-corrected chi connectivity index (χ0v) is 15.1. The van der Waals surface area contributed by atoms with Crippen LogP contribution in [-0.4, -0.2) is 34.0 Å². The summed E-state index contributed by atoms with van der Waals surface area (Å²) in [5.74, 6) is 0. The van der Waals surface area contributed by atoms with E-state index in [1.165, 1.54) is 6.07 Å². The van der Waals surface area contributed by atoms with Gasteiger partial charge >= 0.3 is 0 Å². The first-order valence-electron chi connectivity index (χ1n) is 6.77. The summed E-state index contributed by atoms with van der Waals surface area (Å²) in [4.78, 5) is 3.30. The van der Waals surface area contributed by atoms with Gasteiger partial charge in [0.15, 0.2) is 0 Å². The molecule has 1 N–H and O–H groups in total. The minimum atomic E-state index is -3.58. The van der Waals surface area contributed by atoms with Crippen molar-refractivity contribution >= 4 is 33.0 Å². The molecule has 1 atom stereocenters. The van der Waals surface area contributed by atoms with Crippen molar-refractivity contribution in [3.8, 4) is 0 Å². The van der Waals surface area contributed by atoms with Gasteiger partial charge in [0.25, 0.3) is 0 Å². The smallest absolute Gasteiger partial charge is 0.240 e. The van der Waals surface area contributed by atoms with Crippen molar-refractivity contribution in [3.05, 3.63) is 51.2 Å². The summed E-state index contributed by atoms with van der Waals surface area (Å²) < 4.78 is 27.5. The molecular weight excluding hydrogens is 340 g/mol. The van der Waals surface area contributed by atoms with Crippen molar-refractivity contribution in [2.24, 2.45) is 0 Å². The van der Waals surface area contributed by atoms with Crippen molar-refractivity contribution in [2.45, 2.75) is 17.9 Å². The summed E-state index contributed by atoms with van der Waals surface area (Å²) in [5, 5.41) is 2.44. The fourth-order valence-corrected chi connectivity index (χ4v) is 4.26. The van der Waals surface area contributed by atoms with Gasteiger partial charge in [0.05, 0.1) is 10.9 Å². The lowest BCUT2D eigenvalue weighted by Gasteiger charge is -2.23. The molecule has 22 heavy (non-hydrogen) atoms. The van der Waals surface area contributed by atoms with Crippen molar-refractivity contribution < 1.29 is 8.42 Å². The van der Waals surface area contributed by atoms with Crippen LogP contribution in [0.2, 0.25) is 5.02 Å². The largest absolute Gasteiger partial charge is 0.300 e. The molecule has 0 aliphatic carbocycles. The van der Waals surface area contributed by atoms with E-state index in [-0.39, 0.29) is 10.9 Å². The summed E-state index contributed by atoms with van der Waals surface area (Å²) in [5.41, 5.74) is 0.852. The van der Waals surface area contributed by atoms with E-state index in [0.717, 1.165) is 10.4 Å². The molecule has 0 bridgehead atoms. The molecule has 1 aromatic carbocycles. The van der Waals surface area contributed by atoms with Crippen LogP contribution in [0, 0.1) is 6.92 Å². The number of likely N-dealkylation sites (N-methyl/N-ethyl adjacent to an activating group) is 1. The molecule has 0 amide bonds. The third kappa shape index (κ3) is 4.08. The Morgan fingerprint density at radius 2 is 2.05 bits per heavy atom. The van der Waals surface area contributed by atoms with Gasteiger partial charge in [-0.25, -0.2) is 13.1 Å². The number of aryl methyl sites for hydroxylation is 1. The summed E-state index contributed by atoms with van der Waals surface area (Å²) in [7, 11) is 0.288. The predicted octanol–water partition coefficient (Wildman–Crippen LogP) is 3.29. The SMILES string of the molecule is Cc1ccc(S(=O)(=O)NC[C@H](c2cccs2)N(C)C)cc1Cl. The number of rotatable bonds is 6. The van der Waals surface area contributed by atoms with E-state index in [1.54, 1.807) is 23.5 Å². The Hall–Kier alpha value is -0.920. The summed E-state index contributed by atoms with van der Waals surface area (Å²) >= 11 is 7.63. The molecule has 2 aromatic rings. The van der Waals surface area contributed by atoms with Gasteiger partial charge in [0.1, 0.15) is 0 Å². The highest BCUT2D eigenvalue weighted by Gasteiger charge is 2.20. The lowest BCUT2D eigenvalue weighted by atomic mass is 10.2. The maximum atomic E-state index is 12.4. The number of nitrogens with zero attached hydrogens (tertiary/aromatic N) is 1. The van der Waals surface area contributed by atoms with Crippen molar-refractivity contribution in [1.82, 2.24) is 9.62 Å². The average Bonchev–Trinajstić information content (AvgIpc) is 2.95. The minimum Gasteiger partial charge on any atom is -0.300 e. The molecule has 0 aliphatic heterocycles. The number of hydrogen-bond acceptors (Lipinski definition) is 4. The Morgan fingerprint density at radius 1 is 1.32 bits per heavy atom. The van der Waals surface area contributed by atoms with Crippen molar-refractivity contribution in [1.29, 1.82) is 0 Å². The molecule has 0 fully saturated rings. The molecule has 1 aromatic heterocycles. The average molecular weight is 359 g/mol. The fourth-order valence-electron chi connectivity index (χ4n) is 2.03. The molecule has 1 heterocycles. The van der Waals surface area contributed by atoms with E-state index in [4.69, 9.17) is 11.6 Å². The van der Waals surface area contributed by atoms with Crippen LogP contribution in [0.1, 0.15) is 16.5 Å². The molecule has 0 unspecified atom stereocenters. The van der Waals surface area contributed by atoms with E-state index in [2.05, 4.69) is 4.72 Å². The molecule has 7 heteroatoms. The zero-order chi connectivity index (χ0) is 16.3. The fraction of sp³-hybridized carbons (Fsp3) is 0.333. The second-order valence-electron chi connectivity index (χ2n) is 5.26. The maximum Gasteiger partial charge on any atom is 0.240 e. The van der Waals surface area contributed by atoms with Gasteiger partial charge in [0.2, 0.25) is 10.0 Å². The molecule has 0 spiro atoms. The Kier molecular flexibility index (Phi) is 5.63. The first kappa shape index (κ1) is 17.4. The van der Waals surface area contributed by atoms with Crippen LogP contribution in [0.5, 0.6) is 0 Å². The maximum absolute atomic E-state index is 12.4. The molecule has 0 aliphatic rings. The van der Waals surface area contributed by atoms with E-state index >= 15 is 0 Å². The van der Waals surface area contributed by atoms with Gasteiger partial charge in [-0.2, -0.15) is 0 Å². The number of sulfonamides is 1. The molecule has 4 nitrogen and oxygen atoms in total. The molecule has 120 valence electrons. The first-order chi connectivity index (χ1) is 10.3. The highest BCUT2D eigenvalue weighted by Crippen LogP contribution is 2.24. The normalized spacial score (nSPS) is 13.5. The Morgan fingerprint density at radius 3 is 2.59 bits per heavy atom. The molecule has 0 radical (unpaired) electrons. The highest BCUT2D eigenvalue weighted by atomic mass is 35.5. The summed E-state index contributed by atoms with van der Waals surface area (Å²) in [6.07, 6.45) is 0. The zero-order valence-electron chi connectivity index (χ0n) is 12.7. The molecular formula is C15H19ClN2O2S2.